The van der Waals surface area contributed by atoms with Gasteiger partial charge < -0.3 is 14.6 Å². The summed E-state index contributed by atoms with van der Waals surface area (Å²) in [6.07, 6.45) is 0.883. The van der Waals surface area contributed by atoms with Crippen LogP contribution in [0.25, 0.3) is 11.3 Å². The molecule has 1 aromatic heterocycles. The molecule has 6 nitrogen and oxygen atoms in total. The van der Waals surface area contributed by atoms with Gasteiger partial charge in [0.1, 0.15) is 5.75 Å². The van der Waals surface area contributed by atoms with Gasteiger partial charge in [-0.2, -0.15) is 5.10 Å². The number of carboxylic acid groups (broad SMARTS) is 1. The van der Waals surface area contributed by atoms with Crippen molar-refractivity contribution in [2.75, 3.05) is 13.7 Å². The predicted molar refractivity (Wildman–Crippen MR) is 121 cm³/mol. The molecule has 0 saturated heterocycles. The molecule has 0 aliphatic heterocycles. The molecule has 1 unspecified atom stereocenters. The summed E-state index contributed by atoms with van der Waals surface area (Å²) < 4.78 is 13.0. The fraction of sp³-hybridized carbons (Fsp3) is 0.333. The summed E-state index contributed by atoms with van der Waals surface area (Å²) in [6, 6.07) is 17.5. The van der Waals surface area contributed by atoms with E-state index in [-0.39, 0.29) is 6.61 Å². The Hall–Kier alpha value is -2.83. The molecule has 1 atom stereocenters. The second-order valence-electron chi connectivity index (χ2n) is 7.49. The number of hydrogen-bond acceptors (Lipinski definition) is 4. The van der Waals surface area contributed by atoms with Gasteiger partial charge in [0.2, 0.25) is 0 Å². The van der Waals surface area contributed by atoms with Crippen LogP contribution in [0.2, 0.25) is 5.02 Å². The molecule has 7 heteroatoms. The molecule has 3 rings (SSSR count). The van der Waals surface area contributed by atoms with Gasteiger partial charge in [-0.1, -0.05) is 48.9 Å². The third kappa shape index (κ3) is 5.46. The Morgan fingerprint density at radius 3 is 2.65 bits per heavy atom. The number of aromatic nitrogens is 2. The average molecular weight is 443 g/mol. The third-order valence-electron chi connectivity index (χ3n) is 5.38. The minimum atomic E-state index is -1.20. The number of ether oxygens (including phenoxy) is 2. The number of hydrogen-bond donors (Lipinski definition) is 1. The summed E-state index contributed by atoms with van der Waals surface area (Å²) >= 11 is 6.37. The number of carboxylic acids is 1. The van der Waals surface area contributed by atoms with E-state index < -0.39 is 11.6 Å². The summed E-state index contributed by atoms with van der Waals surface area (Å²) in [5.41, 5.74) is 2.47. The van der Waals surface area contributed by atoms with Crippen LogP contribution in [0.3, 0.4) is 0 Å². The predicted octanol–water partition coefficient (Wildman–Crippen LogP) is 5.07. The minimum Gasteiger partial charge on any atom is -0.497 e. The smallest absolute Gasteiger partial charge is 0.335 e. The van der Waals surface area contributed by atoms with Gasteiger partial charge in [0.25, 0.3) is 0 Å². The number of benzene rings is 2. The van der Waals surface area contributed by atoms with E-state index in [4.69, 9.17) is 26.2 Å². The van der Waals surface area contributed by atoms with Crippen molar-refractivity contribution in [3.05, 3.63) is 70.9 Å². The lowest BCUT2D eigenvalue weighted by atomic mass is 10.0. The second-order valence-corrected chi connectivity index (χ2v) is 7.90. The monoisotopic (exact) mass is 442 g/mol. The van der Waals surface area contributed by atoms with E-state index >= 15 is 0 Å². The van der Waals surface area contributed by atoms with Crippen molar-refractivity contribution in [2.24, 2.45) is 0 Å². The first-order valence-corrected chi connectivity index (χ1v) is 10.6. The zero-order chi connectivity index (χ0) is 22.4. The Morgan fingerprint density at radius 1 is 1.19 bits per heavy atom. The van der Waals surface area contributed by atoms with Crippen molar-refractivity contribution >= 4 is 17.6 Å². The molecule has 0 aliphatic carbocycles. The Labute approximate surface area is 187 Å². The van der Waals surface area contributed by atoms with Crippen molar-refractivity contribution in [2.45, 2.75) is 38.8 Å². The quantitative estimate of drug-likeness (QED) is 0.474. The molecule has 0 saturated carbocycles. The van der Waals surface area contributed by atoms with Gasteiger partial charge in [-0.15, -0.1) is 0 Å². The largest absolute Gasteiger partial charge is 0.497 e. The molecule has 164 valence electrons. The lowest BCUT2D eigenvalue weighted by Gasteiger charge is -2.23. The van der Waals surface area contributed by atoms with Crippen molar-refractivity contribution in [3.8, 4) is 17.0 Å². The highest BCUT2D eigenvalue weighted by atomic mass is 35.5. The van der Waals surface area contributed by atoms with Crippen molar-refractivity contribution in [3.63, 3.8) is 0 Å². The van der Waals surface area contributed by atoms with Crippen molar-refractivity contribution in [1.29, 1.82) is 0 Å². The molecule has 0 fully saturated rings. The maximum Gasteiger partial charge on any atom is 0.335 e. The Bertz CT molecular complexity index is 1050. The number of rotatable bonds is 10. The van der Waals surface area contributed by atoms with Crippen LogP contribution in [0.1, 0.15) is 31.5 Å². The van der Waals surface area contributed by atoms with Crippen LogP contribution < -0.4 is 4.74 Å². The van der Waals surface area contributed by atoms with Crippen LogP contribution in [-0.4, -0.2) is 40.2 Å². The van der Waals surface area contributed by atoms with Crippen molar-refractivity contribution in [1.82, 2.24) is 9.78 Å². The Balaban J connectivity index is 1.88. The summed E-state index contributed by atoms with van der Waals surface area (Å²) in [5, 5.41) is 14.8. The third-order valence-corrected chi connectivity index (χ3v) is 5.75. The van der Waals surface area contributed by atoms with Gasteiger partial charge in [0.05, 0.1) is 31.6 Å². The van der Waals surface area contributed by atoms with Gasteiger partial charge in [-0.05, 0) is 43.2 Å². The van der Waals surface area contributed by atoms with Gasteiger partial charge in [0, 0.05) is 17.0 Å². The van der Waals surface area contributed by atoms with Crippen LogP contribution in [0.5, 0.6) is 5.75 Å². The molecule has 0 radical (unpaired) electrons. The second kappa shape index (κ2) is 9.98. The molecule has 1 N–H and O–H groups in total. The standard InChI is InChI=1S/C24H27ClN2O4/c1-4-24(2,23(28)29)31-13-12-19-15-22(17-9-7-10-20(14-17)30-3)27(26-19)16-18-8-5-6-11-21(18)25/h5-11,14-15H,4,12-13,16H2,1-3H3,(H,28,29). The van der Waals surface area contributed by atoms with Gasteiger partial charge >= 0.3 is 5.97 Å². The first kappa shape index (κ1) is 22.8. The average Bonchev–Trinajstić information content (AvgIpc) is 3.17. The van der Waals surface area contributed by atoms with E-state index in [0.29, 0.717) is 24.4 Å². The molecule has 3 aromatic rings. The topological polar surface area (TPSA) is 73.6 Å². The van der Waals surface area contributed by atoms with E-state index in [1.54, 1.807) is 21.0 Å². The van der Waals surface area contributed by atoms with E-state index in [2.05, 4.69) is 0 Å². The maximum atomic E-state index is 11.5. The summed E-state index contributed by atoms with van der Waals surface area (Å²) in [6.45, 7) is 4.16. The Kier molecular flexibility index (Phi) is 7.36. The molecular weight excluding hydrogens is 416 g/mol. The number of halogens is 1. The lowest BCUT2D eigenvalue weighted by Crippen LogP contribution is -2.38. The molecule has 31 heavy (non-hydrogen) atoms. The van der Waals surface area contributed by atoms with E-state index in [0.717, 1.165) is 28.3 Å². The van der Waals surface area contributed by atoms with Crippen LogP contribution in [-0.2, 0) is 22.5 Å². The van der Waals surface area contributed by atoms with Gasteiger partial charge in [0.15, 0.2) is 5.60 Å². The van der Waals surface area contributed by atoms with E-state index in [9.17, 15) is 9.90 Å². The van der Waals surface area contributed by atoms with Crippen LogP contribution in [0, 0.1) is 0 Å². The zero-order valence-electron chi connectivity index (χ0n) is 18.0. The minimum absolute atomic E-state index is 0.261. The number of aliphatic carboxylic acids is 1. The first-order chi connectivity index (χ1) is 14.9. The molecule has 1 heterocycles. The van der Waals surface area contributed by atoms with Crippen LogP contribution in [0.15, 0.2) is 54.6 Å². The number of methoxy groups -OCH3 is 1. The number of carbonyl (C=O) groups is 1. The SMILES string of the molecule is CCC(C)(OCCc1cc(-c2cccc(OC)c2)n(Cc2ccccc2Cl)n1)C(=O)O. The van der Waals surface area contributed by atoms with E-state index in [1.807, 2.05) is 59.3 Å². The fourth-order valence-electron chi connectivity index (χ4n) is 3.21. The molecule has 0 spiro atoms. The normalized spacial score (nSPS) is 13.0. The number of nitrogens with zero attached hydrogens (tertiary/aromatic N) is 2. The summed E-state index contributed by atoms with van der Waals surface area (Å²) in [4.78, 5) is 11.5. The fourth-order valence-corrected chi connectivity index (χ4v) is 3.41. The highest BCUT2D eigenvalue weighted by Gasteiger charge is 2.31. The summed E-state index contributed by atoms with van der Waals surface area (Å²) in [7, 11) is 1.64. The lowest BCUT2D eigenvalue weighted by molar-refractivity contribution is -0.164. The van der Waals surface area contributed by atoms with Crippen molar-refractivity contribution < 1.29 is 19.4 Å². The van der Waals surface area contributed by atoms with Gasteiger partial charge in [-0.25, -0.2) is 4.79 Å². The first-order valence-electron chi connectivity index (χ1n) is 10.2. The zero-order valence-corrected chi connectivity index (χ0v) is 18.7. The molecule has 0 bridgehead atoms. The molecule has 0 amide bonds. The summed E-state index contributed by atoms with van der Waals surface area (Å²) in [5.74, 6) is -0.204. The highest BCUT2D eigenvalue weighted by molar-refractivity contribution is 6.31. The molecule has 2 aromatic carbocycles. The highest BCUT2D eigenvalue weighted by Crippen LogP contribution is 2.27. The van der Waals surface area contributed by atoms with Crippen LogP contribution >= 0.6 is 11.6 Å². The van der Waals surface area contributed by atoms with E-state index in [1.165, 1.54) is 0 Å². The van der Waals surface area contributed by atoms with Crippen LogP contribution in [0.4, 0.5) is 0 Å². The molecule has 0 aliphatic rings. The van der Waals surface area contributed by atoms with Gasteiger partial charge in [-0.3, -0.25) is 4.68 Å². The maximum absolute atomic E-state index is 11.5. The Morgan fingerprint density at radius 2 is 1.97 bits per heavy atom. The molecular formula is C24H27ClN2O4.